The Morgan fingerprint density at radius 2 is 1.90 bits per heavy atom. The molecule has 1 aromatic rings. The zero-order valence-corrected chi connectivity index (χ0v) is 5.62. The largest absolute Gasteiger partial charge is 0.450 e. The highest BCUT2D eigenvalue weighted by Gasteiger charge is 1.95. The Bertz CT molecular complexity index is 218. The summed E-state index contributed by atoms with van der Waals surface area (Å²) >= 11 is 0. The van der Waals surface area contributed by atoms with Gasteiger partial charge in [-0.1, -0.05) is 35.8 Å². The molecule has 1 rings (SSSR count). The number of benzene rings is 1. The summed E-state index contributed by atoms with van der Waals surface area (Å²) in [6.07, 6.45) is 0. The summed E-state index contributed by atoms with van der Waals surface area (Å²) in [6.45, 7) is 3.64. The molecule has 0 saturated heterocycles. The first kappa shape index (κ1) is 7.10. The van der Waals surface area contributed by atoms with Gasteiger partial charge in [0, 0.05) is 0 Å². The third-order valence-corrected chi connectivity index (χ3v) is 1.30. The molecule has 0 bridgehead atoms. The molecule has 0 aromatic heterocycles. The van der Waals surface area contributed by atoms with Crippen molar-refractivity contribution in [3.63, 3.8) is 0 Å². The number of hydrogen-bond donors (Lipinski definition) is 1. The summed E-state index contributed by atoms with van der Waals surface area (Å²) in [4.78, 5) is 0. The molecule has 0 heterocycles. The molecule has 0 saturated carbocycles. The minimum Gasteiger partial charge on any atom is -0.450 e. The van der Waals surface area contributed by atoms with Crippen LogP contribution in [-0.4, -0.2) is 12.5 Å². The Labute approximate surface area is 61.3 Å². The van der Waals surface area contributed by atoms with Crippen LogP contribution < -0.4 is 0 Å². The predicted octanol–water partition coefficient (Wildman–Crippen LogP) is 1.27. The summed E-state index contributed by atoms with van der Waals surface area (Å²) in [5.74, 6) is 0. The van der Waals surface area contributed by atoms with E-state index in [1.807, 2.05) is 30.3 Å². The fourth-order valence-electron chi connectivity index (χ4n) is 0.727. The standard InChI is InChI=1S/C8H8BO/c1-7(9-10)8-5-3-2-4-6-8/h2-6,10H,1H2. The monoisotopic (exact) mass is 131 g/mol. The molecule has 0 aliphatic rings. The van der Waals surface area contributed by atoms with Gasteiger partial charge in [0.05, 0.1) is 0 Å². The molecule has 0 fully saturated rings. The lowest BCUT2D eigenvalue weighted by molar-refractivity contribution is 0.616. The Hall–Kier alpha value is -1.02. The van der Waals surface area contributed by atoms with Crippen LogP contribution in [0.4, 0.5) is 0 Å². The highest BCUT2D eigenvalue weighted by molar-refractivity contribution is 6.53. The van der Waals surface area contributed by atoms with Crippen molar-refractivity contribution < 1.29 is 5.02 Å². The molecule has 0 spiro atoms. The van der Waals surface area contributed by atoms with E-state index >= 15 is 0 Å². The van der Waals surface area contributed by atoms with Crippen molar-refractivity contribution in [1.29, 1.82) is 0 Å². The maximum Gasteiger partial charge on any atom is 0.326 e. The van der Waals surface area contributed by atoms with Crippen molar-refractivity contribution in [2.24, 2.45) is 0 Å². The molecule has 49 valence electrons. The zero-order valence-electron chi connectivity index (χ0n) is 5.62. The van der Waals surface area contributed by atoms with Crippen molar-refractivity contribution >= 4 is 13.0 Å². The highest BCUT2D eigenvalue weighted by atomic mass is 16.2. The lowest BCUT2D eigenvalue weighted by Crippen LogP contribution is -1.91. The second-order valence-corrected chi connectivity index (χ2v) is 2.02. The van der Waals surface area contributed by atoms with Gasteiger partial charge in [-0.2, -0.15) is 0 Å². The zero-order chi connectivity index (χ0) is 7.40. The van der Waals surface area contributed by atoms with E-state index in [0.717, 1.165) is 13.0 Å². The molecule has 1 N–H and O–H groups in total. The topological polar surface area (TPSA) is 20.2 Å². The van der Waals surface area contributed by atoms with Gasteiger partial charge in [-0.25, -0.2) is 0 Å². The van der Waals surface area contributed by atoms with Crippen LogP contribution in [0.25, 0.3) is 5.47 Å². The van der Waals surface area contributed by atoms with Crippen LogP contribution in [0.3, 0.4) is 0 Å². The van der Waals surface area contributed by atoms with Gasteiger partial charge in [0.25, 0.3) is 0 Å². The third-order valence-electron chi connectivity index (χ3n) is 1.30. The number of hydrogen-bond acceptors (Lipinski definition) is 1. The lowest BCUT2D eigenvalue weighted by atomic mass is 9.84. The van der Waals surface area contributed by atoms with Crippen LogP contribution in [0.15, 0.2) is 36.9 Å². The van der Waals surface area contributed by atoms with Crippen LogP contribution in [0.1, 0.15) is 5.56 Å². The first-order valence-corrected chi connectivity index (χ1v) is 3.06. The van der Waals surface area contributed by atoms with E-state index in [4.69, 9.17) is 5.02 Å². The minimum atomic E-state index is 0.639. The van der Waals surface area contributed by atoms with Gasteiger partial charge in [-0.15, -0.1) is 6.58 Å². The SMILES string of the molecule is C=C([B]O)c1ccccc1. The maximum atomic E-state index is 8.56. The summed E-state index contributed by atoms with van der Waals surface area (Å²) < 4.78 is 0. The Morgan fingerprint density at radius 3 is 2.40 bits per heavy atom. The number of rotatable bonds is 2. The van der Waals surface area contributed by atoms with Crippen LogP contribution >= 0.6 is 0 Å². The molecule has 1 nitrogen and oxygen atoms in total. The third kappa shape index (κ3) is 1.48. The van der Waals surface area contributed by atoms with Gasteiger partial charge in [0.2, 0.25) is 0 Å². The van der Waals surface area contributed by atoms with Crippen LogP contribution in [0.5, 0.6) is 0 Å². The fourth-order valence-corrected chi connectivity index (χ4v) is 0.727. The van der Waals surface area contributed by atoms with Crippen molar-refractivity contribution in [3.8, 4) is 0 Å². The van der Waals surface area contributed by atoms with Crippen molar-refractivity contribution in [1.82, 2.24) is 0 Å². The van der Waals surface area contributed by atoms with Crippen molar-refractivity contribution in [3.05, 3.63) is 42.5 Å². The molecular formula is C8H8BO. The molecule has 0 aliphatic carbocycles. The molecule has 0 aliphatic heterocycles. The van der Waals surface area contributed by atoms with E-state index < -0.39 is 0 Å². The molecule has 1 radical (unpaired) electrons. The normalized spacial score (nSPS) is 8.90. The summed E-state index contributed by atoms with van der Waals surface area (Å²) in [6, 6.07) is 9.53. The smallest absolute Gasteiger partial charge is 0.326 e. The summed E-state index contributed by atoms with van der Waals surface area (Å²) in [5.41, 5.74) is 1.59. The average Bonchev–Trinajstić information content (AvgIpc) is 2.05. The molecule has 0 amide bonds. The molecule has 10 heavy (non-hydrogen) atoms. The van der Waals surface area contributed by atoms with Crippen LogP contribution in [-0.2, 0) is 0 Å². The Balaban J connectivity index is 2.85. The van der Waals surface area contributed by atoms with E-state index in [9.17, 15) is 0 Å². The van der Waals surface area contributed by atoms with Gasteiger partial charge in [-0.05, 0) is 5.56 Å². The van der Waals surface area contributed by atoms with E-state index in [1.54, 1.807) is 0 Å². The van der Waals surface area contributed by atoms with Gasteiger partial charge in [0.15, 0.2) is 0 Å². The Morgan fingerprint density at radius 1 is 1.30 bits per heavy atom. The van der Waals surface area contributed by atoms with Gasteiger partial charge < -0.3 is 5.02 Å². The first-order valence-electron chi connectivity index (χ1n) is 3.06. The van der Waals surface area contributed by atoms with E-state index in [0.29, 0.717) is 5.47 Å². The van der Waals surface area contributed by atoms with Crippen molar-refractivity contribution in [2.45, 2.75) is 0 Å². The maximum absolute atomic E-state index is 8.56. The second-order valence-electron chi connectivity index (χ2n) is 2.02. The van der Waals surface area contributed by atoms with Gasteiger partial charge >= 0.3 is 7.48 Å². The average molecular weight is 131 g/mol. The van der Waals surface area contributed by atoms with Crippen LogP contribution in [0, 0.1) is 0 Å². The van der Waals surface area contributed by atoms with Gasteiger partial charge in [-0.3, -0.25) is 0 Å². The summed E-state index contributed by atoms with van der Waals surface area (Å²) in [5, 5.41) is 8.56. The molecule has 0 atom stereocenters. The van der Waals surface area contributed by atoms with E-state index in [-0.39, 0.29) is 0 Å². The van der Waals surface area contributed by atoms with E-state index in [2.05, 4.69) is 6.58 Å². The fraction of sp³-hybridized carbons (Fsp3) is 0. The van der Waals surface area contributed by atoms with Gasteiger partial charge in [0.1, 0.15) is 0 Å². The van der Waals surface area contributed by atoms with Crippen molar-refractivity contribution in [2.75, 3.05) is 0 Å². The highest BCUT2D eigenvalue weighted by Crippen LogP contribution is 2.07. The quantitative estimate of drug-likeness (QED) is 0.599. The molecular weight excluding hydrogens is 123 g/mol. The molecule has 0 unspecified atom stereocenters. The minimum absolute atomic E-state index is 0.639. The lowest BCUT2D eigenvalue weighted by Gasteiger charge is -1.97. The molecule has 1 aromatic carbocycles. The molecule has 2 heteroatoms. The van der Waals surface area contributed by atoms with E-state index in [1.165, 1.54) is 0 Å². The summed E-state index contributed by atoms with van der Waals surface area (Å²) in [7, 11) is 1.01. The Kier molecular flexibility index (Phi) is 2.29. The van der Waals surface area contributed by atoms with Crippen LogP contribution in [0.2, 0.25) is 0 Å². The first-order chi connectivity index (χ1) is 4.84. The predicted molar refractivity (Wildman–Crippen MR) is 43.4 cm³/mol. The second kappa shape index (κ2) is 3.23.